The van der Waals surface area contributed by atoms with Gasteiger partial charge in [0.25, 0.3) is 0 Å². The number of piperazine rings is 1. The second kappa shape index (κ2) is 7.09. The van der Waals surface area contributed by atoms with Gasteiger partial charge in [-0.3, -0.25) is 9.69 Å². The fourth-order valence-electron chi connectivity index (χ4n) is 2.53. The number of nitrogens with zero attached hydrogens (tertiary/aromatic N) is 2. The zero-order chi connectivity index (χ0) is 16.2. The summed E-state index contributed by atoms with van der Waals surface area (Å²) in [4.78, 5) is 28.0. The second-order valence-corrected chi connectivity index (χ2v) is 6.81. The van der Waals surface area contributed by atoms with Crippen molar-refractivity contribution in [3.63, 3.8) is 0 Å². The quantitative estimate of drug-likeness (QED) is 0.803. The Hall–Kier alpha value is -1.62. The number of carbonyl (C=O) groups excluding carboxylic acids is 2. The molecule has 0 bridgehead atoms. The number of hydrogen-bond donors (Lipinski definition) is 0. The first-order chi connectivity index (χ1) is 10.3. The SMILES string of the molecule is CC(C)(C)OC(=O)N1CCN(CC(=O)C2=CCCC=C2)CC1. The van der Waals surface area contributed by atoms with Crippen molar-refractivity contribution in [2.24, 2.45) is 0 Å². The number of hydrogen-bond acceptors (Lipinski definition) is 4. The summed E-state index contributed by atoms with van der Waals surface area (Å²) in [5.74, 6) is 0.168. The molecule has 1 heterocycles. The predicted molar refractivity (Wildman–Crippen MR) is 85.7 cm³/mol. The van der Waals surface area contributed by atoms with E-state index in [0.29, 0.717) is 32.7 Å². The molecule has 1 aliphatic carbocycles. The third-order valence-corrected chi connectivity index (χ3v) is 3.71. The van der Waals surface area contributed by atoms with Crippen LogP contribution in [0, 0.1) is 0 Å². The van der Waals surface area contributed by atoms with Crippen LogP contribution in [0.5, 0.6) is 0 Å². The number of amides is 1. The number of ketones is 1. The monoisotopic (exact) mass is 306 g/mol. The lowest BCUT2D eigenvalue weighted by molar-refractivity contribution is -0.116. The van der Waals surface area contributed by atoms with Crippen LogP contribution in [0.1, 0.15) is 33.6 Å². The maximum absolute atomic E-state index is 12.2. The molecule has 1 fully saturated rings. The minimum atomic E-state index is -0.468. The maximum Gasteiger partial charge on any atom is 0.410 e. The van der Waals surface area contributed by atoms with Crippen molar-refractivity contribution in [2.45, 2.75) is 39.2 Å². The van der Waals surface area contributed by atoms with Gasteiger partial charge in [0.05, 0.1) is 6.54 Å². The molecule has 2 rings (SSSR count). The third-order valence-electron chi connectivity index (χ3n) is 3.71. The molecule has 2 aliphatic rings. The first-order valence-corrected chi connectivity index (χ1v) is 7.95. The summed E-state index contributed by atoms with van der Waals surface area (Å²) in [6.07, 6.45) is 7.68. The van der Waals surface area contributed by atoms with Gasteiger partial charge < -0.3 is 9.64 Å². The average molecular weight is 306 g/mol. The van der Waals surface area contributed by atoms with Gasteiger partial charge in [-0.25, -0.2) is 4.79 Å². The van der Waals surface area contributed by atoms with E-state index in [0.717, 1.165) is 18.4 Å². The zero-order valence-corrected chi connectivity index (χ0v) is 13.8. The molecule has 0 spiro atoms. The van der Waals surface area contributed by atoms with Crippen LogP contribution in [0.25, 0.3) is 0 Å². The van der Waals surface area contributed by atoms with Crippen LogP contribution >= 0.6 is 0 Å². The van der Waals surface area contributed by atoms with E-state index in [1.807, 2.05) is 39.0 Å². The molecular weight excluding hydrogens is 280 g/mol. The van der Waals surface area contributed by atoms with E-state index < -0.39 is 5.60 Å². The van der Waals surface area contributed by atoms with E-state index in [9.17, 15) is 9.59 Å². The summed E-state index contributed by atoms with van der Waals surface area (Å²) in [6.45, 7) is 8.66. The summed E-state index contributed by atoms with van der Waals surface area (Å²) in [7, 11) is 0. The van der Waals surface area contributed by atoms with Crippen molar-refractivity contribution in [1.29, 1.82) is 0 Å². The highest BCUT2D eigenvalue weighted by molar-refractivity contribution is 5.99. The molecule has 0 aromatic rings. The highest BCUT2D eigenvalue weighted by atomic mass is 16.6. The molecule has 0 unspecified atom stereocenters. The second-order valence-electron chi connectivity index (χ2n) is 6.81. The first-order valence-electron chi connectivity index (χ1n) is 7.95. The number of rotatable bonds is 3. The van der Waals surface area contributed by atoms with Crippen molar-refractivity contribution >= 4 is 11.9 Å². The normalized spacial score (nSPS) is 19.8. The highest BCUT2D eigenvalue weighted by Crippen LogP contribution is 2.14. The van der Waals surface area contributed by atoms with E-state index in [2.05, 4.69) is 4.90 Å². The molecule has 1 amide bonds. The van der Waals surface area contributed by atoms with Crippen LogP contribution in [0.15, 0.2) is 23.8 Å². The Balaban J connectivity index is 1.77. The van der Waals surface area contributed by atoms with Crippen LogP contribution in [0.4, 0.5) is 4.79 Å². The van der Waals surface area contributed by atoms with Crippen molar-refractivity contribution in [1.82, 2.24) is 9.80 Å². The molecule has 0 atom stereocenters. The van der Waals surface area contributed by atoms with Crippen LogP contribution in [0.3, 0.4) is 0 Å². The van der Waals surface area contributed by atoms with Crippen LogP contribution in [-0.2, 0) is 9.53 Å². The van der Waals surface area contributed by atoms with Crippen molar-refractivity contribution in [2.75, 3.05) is 32.7 Å². The van der Waals surface area contributed by atoms with E-state index in [1.165, 1.54) is 0 Å². The van der Waals surface area contributed by atoms with E-state index in [4.69, 9.17) is 4.74 Å². The molecule has 0 aromatic carbocycles. The van der Waals surface area contributed by atoms with Gasteiger partial charge in [-0.1, -0.05) is 18.2 Å². The molecule has 122 valence electrons. The molecule has 22 heavy (non-hydrogen) atoms. The largest absolute Gasteiger partial charge is 0.444 e. The Kier molecular flexibility index (Phi) is 5.40. The van der Waals surface area contributed by atoms with Crippen molar-refractivity contribution < 1.29 is 14.3 Å². The Bertz CT molecular complexity index is 481. The standard InChI is InChI=1S/C17H26N2O3/c1-17(2,3)22-16(21)19-11-9-18(10-12-19)13-15(20)14-7-5-4-6-8-14/h5,7-8H,4,6,9-13H2,1-3H3. The molecule has 1 saturated heterocycles. The lowest BCUT2D eigenvalue weighted by Crippen LogP contribution is -2.51. The fraction of sp³-hybridized carbons (Fsp3) is 0.647. The predicted octanol–water partition coefficient (Wildman–Crippen LogP) is 2.38. The van der Waals surface area contributed by atoms with Gasteiger partial charge in [-0.05, 0) is 33.6 Å². The Morgan fingerprint density at radius 1 is 1.14 bits per heavy atom. The summed E-state index contributed by atoms with van der Waals surface area (Å²) >= 11 is 0. The molecule has 5 heteroatoms. The smallest absolute Gasteiger partial charge is 0.410 e. The number of carbonyl (C=O) groups is 2. The van der Waals surface area contributed by atoms with Gasteiger partial charge in [-0.15, -0.1) is 0 Å². The lowest BCUT2D eigenvalue weighted by atomic mass is 10.0. The Morgan fingerprint density at radius 3 is 2.36 bits per heavy atom. The van der Waals surface area contributed by atoms with Gasteiger partial charge in [0, 0.05) is 31.8 Å². The molecular formula is C17H26N2O3. The van der Waals surface area contributed by atoms with Gasteiger partial charge >= 0.3 is 6.09 Å². The molecule has 0 radical (unpaired) electrons. The Labute approximate surface area is 132 Å². The van der Waals surface area contributed by atoms with E-state index in [1.54, 1.807) is 4.90 Å². The van der Waals surface area contributed by atoms with Gasteiger partial charge in [0.15, 0.2) is 5.78 Å². The number of ether oxygens (including phenoxy) is 1. The van der Waals surface area contributed by atoms with Crippen molar-refractivity contribution in [3.8, 4) is 0 Å². The lowest BCUT2D eigenvalue weighted by Gasteiger charge is -2.35. The maximum atomic E-state index is 12.2. The molecule has 0 aromatic heterocycles. The van der Waals surface area contributed by atoms with Gasteiger partial charge in [0.2, 0.25) is 0 Å². The average Bonchev–Trinajstić information content (AvgIpc) is 2.47. The third kappa shape index (κ3) is 4.98. The van der Waals surface area contributed by atoms with Gasteiger partial charge in [-0.2, -0.15) is 0 Å². The topological polar surface area (TPSA) is 49.9 Å². The molecule has 5 nitrogen and oxygen atoms in total. The van der Waals surface area contributed by atoms with Crippen molar-refractivity contribution in [3.05, 3.63) is 23.8 Å². The number of allylic oxidation sites excluding steroid dienone is 3. The minimum Gasteiger partial charge on any atom is -0.444 e. The summed E-state index contributed by atoms with van der Waals surface area (Å²) in [6, 6.07) is 0. The van der Waals surface area contributed by atoms with Gasteiger partial charge in [0.1, 0.15) is 5.60 Å². The van der Waals surface area contributed by atoms with E-state index >= 15 is 0 Å². The number of Topliss-reactive ketones (excluding diaryl/α,β-unsaturated/α-hetero) is 1. The minimum absolute atomic E-state index is 0.168. The summed E-state index contributed by atoms with van der Waals surface area (Å²) < 4.78 is 5.37. The Morgan fingerprint density at radius 2 is 1.82 bits per heavy atom. The molecule has 0 N–H and O–H groups in total. The molecule has 1 aliphatic heterocycles. The zero-order valence-electron chi connectivity index (χ0n) is 13.8. The highest BCUT2D eigenvalue weighted by Gasteiger charge is 2.26. The molecule has 0 saturated carbocycles. The summed E-state index contributed by atoms with van der Waals surface area (Å²) in [5, 5.41) is 0. The fourth-order valence-corrected chi connectivity index (χ4v) is 2.53. The first kappa shape index (κ1) is 16.7. The van der Waals surface area contributed by atoms with E-state index in [-0.39, 0.29) is 11.9 Å². The van der Waals surface area contributed by atoms with Crippen LogP contribution < -0.4 is 0 Å². The van der Waals surface area contributed by atoms with Crippen LogP contribution in [-0.4, -0.2) is 60.0 Å². The van der Waals surface area contributed by atoms with Crippen LogP contribution in [0.2, 0.25) is 0 Å². The summed E-state index contributed by atoms with van der Waals surface area (Å²) in [5.41, 5.74) is 0.352.